The molecule has 1 aromatic heterocycles. The van der Waals surface area contributed by atoms with Gasteiger partial charge in [-0.1, -0.05) is 24.3 Å². The Hall–Kier alpha value is -3.16. The van der Waals surface area contributed by atoms with E-state index in [9.17, 15) is 18.0 Å². The van der Waals surface area contributed by atoms with Gasteiger partial charge in [0, 0.05) is 12.4 Å². The zero-order chi connectivity index (χ0) is 20.3. The lowest BCUT2D eigenvalue weighted by atomic mass is 10.1. The Bertz CT molecular complexity index is 941. The summed E-state index contributed by atoms with van der Waals surface area (Å²) >= 11 is 0. The van der Waals surface area contributed by atoms with Crippen molar-refractivity contribution in [1.29, 1.82) is 0 Å². The average molecular weight is 392 g/mol. The molecule has 3 rings (SSSR count). The number of furan rings is 1. The minimum atomic E-state index is -2.92. The molecule has 0 spiro atoms. The van der Waals surface area contributed by atoms with E-state index < -0.39 is 24.3 Å². The molecule has 0 aliphatic heterocycles. The van der Waals surface area contributed by atoms with Crippen molar-refractivity contribution in [3.05, 3.63) is 65.7 Å². The van der Waals surface area contributed by atoms with E-state index in [4.69, 9.17) is 9.15 Å². The largest absolute Gasteiger partial charge is 0.494 e. The van der Waals surface area contributed by atoms with E-state index >= 15 is 0 Å². The van der Waals surface area contributed by atoms with Gasteiger partial charge >= 0.3 is 6.03 Å². The average Bonchev–Trinajstić information content (AvgIpc) is 3.07. The Morgan fingerprint density at radius 2 is 1.96 bits per heavy atom. The maximum atomic E-state index is 13.9. The highest BCUT2D eigenvalue weighted by Crippen LogP contribution is 2.26. The summed E-state index contributed by atoms with van der Waals surface area (Å²) in [5, 5.41) is 3.12. The maximum absolute atomic E-state index is 13.9. The number of rotatable bonds is 6. The van der Waals surface area contributed by atoms with Crippen LogP contribution in [0.3, 0.4) is 0 Å². The lowest BCUT2D eigenvalue weighted by Crippen LogP contribution is -2.41. The van der Waals surface area contributed by atoms with Gasteiger partial charge in [-0.25, -0.2) is 18.0 Å². The lowest BCUT2D eigenvalue weighted by molar-refractivity contribution is 0.0968. The van der Waals surface area contributed by atoms with Gasteiger partial charge in [0.05, 0.1) is 13.7 Å². The Kier molecular flexibility index (Phi) is 5.77. The number of nitrogens with one attached hydrogen (secondary N) is 1. The fourth-order valence-electron chi connectivity index (χ4n) is 2.83. The number of carbonyl (C=O) groups excluding carboxylic acids is 1. The standard InChI is InChI=1S/C20H19F3N2O3/c1-25(11-14-9-12-5-3-4-6-16(12)28-14)20(26)24-18(19(22)23)13-7-8-17(27-2)15(21)10-13/h3-10,18-19H,11H2,1-2H3,(H,24,26)/t18-/m0/s1. The smallest absolute Gasteiger partial charge is 0.318 e. The lowest BCUT2D eigenvalue weighted by Gasteiger charge is -2.23. The predicted molar refractivity (Wildman–Crippen MR) is 97.9 cm³/mol. The van der Waals surface area contributed by atoms with E-state index in [2.05, 4.69) is 5.32 Å². The van der Waals surface area contributed by atoms with Crippen molar-refractivity contribution in [3.63, 3.8) is 0 Å². The van der Waals surface area contributed by atoms with Crippen LogP contribution in [0.5, 0.6) is 5.75 Å². The van der Waals surface area contributed by atoms with E-state index in [1.807, 2.05) is 18.2 Å². The molecule has 1 atom stereocenters. The summed E-state index contributed by atoms with van der Waals surface area (Å²) < 4.78 is 51.2. The molecule has 1 heterocycles. The zero-order valence-corrected chi connectivity index (χ0v) is 15.3. The number of amides is 2. The molecule has 0 aliphatic rings. The van der Waals surface area contributed by atoms with Crippen molar-refractivity contribution in [3.8, 4) is 5.75 Å². The van der Waals surface area contributed by atoms with Crippen LogP contribution in [0.2, 0.25) is 0 Å². The Balaban J connectivity index is 1.71. The molecule has 1 N–H and O–H groups in total. The van der Waals surface area contributed by atoms with Crippen LogP contribution < -0.4 is 10.1 Å². The number of para-hydroxylation sites is 1. The van der Waals surface area contributed by atoms with Crippen LogP contribution in [0.15, 0.2) is 52.9 Å². The first-order valence-electron chi connectivity index (χ1n) is 8.49. The van der Waals surface area contributed by atoms with E-state index in [0.717, 1.165) is 11.5 Å². The van der Waals surface area contributed by atoms with Gasteiger partial charge in [0.25, 0.3) is 6.43 Å². The first-order chi connectivity index (χ1) is 13.4. The number of halogens is 3. The number of benzene rings is 2. The minimum absolute atomic E-state index is 0.0567. The molecular formula is C20H19F3N2O3. The van der Waals surface area contributed by atoms with Crippen LogP contribution in [-0.4, -0.2) is 31.5 Å². The molecule has 0 saturated carbocycles. The molecule has 0 saturated heterocycles. The molecule has 2 aromatic carbocycles. The van der Waals surface area contributed by atoms with Gasteiger partial charge in [-0.3, -0.25) is 0 Å². The number of fused-ring (bicyclic) bond motifs is 1. The van der Waals surface area contributed by atoms with E-state index in [1.165, 1.54) is 31.2 Å². The summed E-state index contributed by atoms with van der Waals surface area (Å²) in [5.41, 5.74) is 0.615. The first kappa shape index (κ1) is 19.6. The molecule has 148 valence electrons. The Morgan fingerprint density at radius 1 is 1.21 bits per heavy atom. The van der Waals surface area contributed by atoms with Gasteiger partial charge in [-0.05, 0) is 29.8 Å². The van der Waals surface area contributed by atoms with Crippen molar-refractivity contribution in [2.75, 3.05) is 14.2 Å². The number of carbonyl (C=O) groups is 1. The highest BCUT2D eigenvalue weighted by Gasteiger charge is 2.27. The molecule has 28 heavy (non-hydrogen) atoms. The normalized spacial score (nSPS) is 12.2. The van der Waals surface area contributed by atoms with Crippen LogP contribution in [0.1, 0.15) is 17.4 Å². The highest BCUT2D eigenvalue weighted by molar-refractivity contribution is 5.78. The number of nitrogens with zero attached hydrogens (tertiary/aromatic N) is 1. The fraction of sp³-hybridized carbons (Fsp3) is 0.250. The van der Waals surface area contributed by atoms with Crippen LogP contribution in [-0.2, 0) is 6.54 Å². The van der Waals surface area contributed by atoms with Gasteiger partial charge in [0.15, 0.2) is 11.6 Å². The number of ether oxygens (including phenoxy) is 1. The summed E-state index contributed by atoms with van der Waals surface area (Å²) in [7, 11) is 2.73. The van der Waals surface area contributed by atoms with Crippen molar-refractivity contribution in [2.24, 2.45) is 0 Å². The number of hydrogen-bond acceptors (Lipinski definition) is 3. The number of urea groups is 1. The van der Waals surface area contributed by atoms with Crippen LogP contribution in [0, 0.1) is 5.82 Å². The summed E-state index contributed by atoms with van der Waals surface area (Å²) in [6, 6.07) is 10.2. The third-order valence-electron chi connectivity index (χ3n) is 4.28. The number of methoxy groups -OCH3 is 1. The van der Waals surface area contributed by atoms with Gasteiger partial charge in [0.1, 0.15) is 17.4 Å². The van der Waals surface area contributed by atoms with Crippen molar-refractivity contribution >= 4 is 17.0 Å². The Morgan fingerprint density at radius 3 is 2.61 bits per heavy atom. The van der Waals surface area contributed by atoms with Crippen LogP contribution in [0.4, 0.5) is 18.0 Å². The molecule has 0 bridgehead atoms. The molecule has 0 fully saturated rings. The molecule has 0 aliphatic carbocycles. The second-order valence-corrected chi connectivity index (χ2v) is 6.26. The third-order valence-corrected chi connectivity index (χ3v) is 4.28. The fourth-order valence-corrected chi connectivity index (χ4v) is 2.83. The Labute approximate surface area is 159 Å². The SMILES string of the molecule is COc1ccc([C@H](NC(=O)N(C)Cc2cc3ccccc3o2)C(F)F)cc1F. The molecule has 8 heteroatoms. The molecular weight excluding hydrogens is 373 g/mol. The highest BCUT2D eigenvalue weighted by atomic mass is 19.3. The van der Waals surface area contributed by atoms with Gasteiger partial charge in [-0.2, -0.15) is 0 Å². The second kappa shape index (κ2) is 8.24. The first-order valence-corrected chi connectivity index (χ1v) is 8.49. The molecule has 0 radical (unpaired) electrons. The molecule has 3 aromatic rings. The zero-order valence-electron chi connectivity index (χ0n) is 15.3. The van der Waals surface area contributed by atoms with E-state index in [0.29, 0.717) is 11.3 Å². The van der Waals surface area contributed by atoms with Crippen LogP contribution >= 0.6 is 0 Å². The molecule has 5 nitrogen and oxygen atoms in total. The van der Waals surface area contributed by atoms with Crippen molar-refractivity contribution < 1.29 is 27.1 Å². The number of hydrogen-bond donors (Lipinski definition) is 1. The summed E-state index contributed by atoms with van der Waals surface area (Å²) in [5.74, 6) is -0.330. The third kappa shape index (κ3) is 4.21. The van der Waals surface area contributed by atoms with E-state index in [1.54, 1.807) is 12.1 Å². The van der Waals surface area contributed by atoms with E-state index in [-0.39, 0.29) is 17.9 Å². The van der Waals surface area contributed by atoms with Gasteiger partial charge < -0.3 is 19.4 Å². The number of alkyl halides is 2. The quantitative estimate of drug-likeness (QED) is 0.660. The topological polar surface area (TPSA) is 54.7 Å². The summed E-state index contributed by atoms with van der Waals surface area (Å²) in [6.07, 6.45) is -2.92. The summed E-state index contributed by atoms with van der Waals surface area (Å²) in [6.45, 7) is 0.0907. The van der Waals surface area contributed by atoms with Gasteiger partial charge in [0.2, 0.25) is 0 Å². The summed E-state index contributed by atoms with van der Waals surface area (Å²) in [4.78, 5) is 13.6. The van der Waals surface area contributed by atoms with Gasteiger partial charge in [-0.15, -0.1) is 0 Å². The monoisotopic (exact) mass is 392 g/mol. The van der Waals surface area contributed by atoms with Crippen molar-refractivity contribution in [1.82, 2.24) is 10.2 Å². The predicted octanol–water partition coefficient (Wildman–Crippen LogP) is 4.73. The van der Waals surface area contributed by atoms with Crippen molar-refractivity contribution in [2.45, 2.75) is 19.0 Å². The second-order valence-electron chi connectivity index (χ2n) is 6.26. The van der Waals surface area contributed by atoms with Crippen LogP contribution in [0.25, 0.3) is 11.0 Å². The molecule has 0 unspecified atom stereocenters. The maximum Gasteiger partial charge on any atom is 0.318 e. The molecule has 2 amide bonds. The minimum Gasteiger partial charge on any atom is -0.494 e.